The van der Waals surface area contributed by atoms with Crippen molar-refractivity contribution >= 4 is 32.2 Å². The van der Waals surface area contributed by atoms with Gasteiger partial charge >= 0.3 is 0 Å². The van der Waals surface area contributed by atoms with E-state index < -0.39 is 21.1 Å². The van der Waals surface area contributed by atoms with Crippen molar-refractivity contribution in [2.24, 2.45) is 0 Å². The minimum Gasteiger partial charge on any atom is -0.454 e. The Labute approximate surface area is 136 Å². The molecule has 1 heterocycles. The Morgan fingerprint density at radius 2 is 1.67 bits per heavy atom. The van der Waals surface area contributed by atoms with E-state index in [4.69, 9.17) is 15.9 Å². The normalized spacial score (nSPS) is 11.8. The minimum absolute atomic E-state index is 0.0106. The van der Waals surface area contributed by atoms with Crippen LogP contribution in [0.1, 0.15) is 0 Å². The van der Waals surface area contributed by atoms with Gasteiger partial charge in [0.25, 0.3) is 0 Å². The van der Waals surface area contributed by atoms with Crippen LogP contribution < -0.4 is 16.9 Å². The molecule has 0 spiro atoms. The van der Waals surface area contributed by atoms with Crippen molar-refractivity contribution in [2.75, 3.05) is 17.7 Å². The molecule has 0 bridgehead atoms. The summed E-state index contributed by atoms with van der Waals surface area (Å²) in [5.41, 5.74) is 10.8. The number of rotatable bonds is 2. The lowest BCUT2D eigenvalue weighted by Gasteiger charge is -2.08. The Balaban J connectivity index is 2.23. The van der Waals surface area contributed by atoms with Crippen molar-refractivity contribution in [3.63, 3.8) is 0 Å². The van der Waals surface area contributed by atoms with E-state index in [1.165, 1.54) is 30.3 Å². The van der Waals surface area contributed by atoms with Gasteiger partial charge in [-0.1, -0.05) is 0 Å². The monoisotopic (exact) mass is 348 g/mol. The maximum Gasteiger partial charge on any atom is 0.193 e. The van der Waals surface area contributed by atoms with Gasteiger partial charge in [-0.15, -0.1) is 0 Å². The Morgan fingerprint density at radius 3 is 2.25 bits per heavy atom. The molecule has 2 aromatic carbocycles. The molecule has 8 heteroatoms. The van der Waals surface area contributed by atoms with E-state index >= 15 is 0 Å². The van der Waals surface area contributed by atoms with Crippen LogP contribution in [-0.4, -0.2) is 14.7 Å². The number of hydrogen-bond donors (Lipinski definition) is 2. The summed E-state index contributed by atoms with van der Waals surface area (Å²) in [4.78, 5) is 12.3. The van der Waals surface area contributed by atoms with Gasteiger partial charge in [0.2, 0.25) is 0 Å². The molecule has 0 aliphatic carbocycles. The average molecular weight is 348 g/mol. The first-order valence-corrected chi connectivity index (χ1v) is 8.69. The summed E-state index contributed by atoms with van der Waals surface area (Å²) in [5, 5.41) is -0.0179. The van der Waals surface area contributed by atoms with Crippen LogP contribution in [0.3, 0.4) is 0 Å². The number of hydrogen-bond acceptors (Lipinski definition) is 6. The summed E-state index contributed by atoms with van der Waals surface area (Å²) in [6.45, 7) is 0. The summed E-state index contributed by atoms with van der Waals surface area (Å²) in [6.07, 6.45) is 1.09. The smallest absolute Gasteiger partial charge is 0.193 e. The molecule has 0 aliphatic heterocycles. The van der Waals surface area contributed by atoms with Crippen molar-refractivity contribution in [3.05, 3.63) is 52.4 Å². The lowest BCUT2D eigenvalue weighted by molar-refractivity contribution is 0.601. The highest BCUT2D eigenvalue weighted by Crippen LogP contribution is 2.31. The molecule has 24 heavy (non-hydrogen) atoms. The number of benzene rings is 2. The second-order valence-electron chi connectivity index (χ2n) is 5.33. The van der Waals surface area contributed by atoms with E-state index in [1.807, 2.05) is 0 Å². The second kappa shape index (κ2) is 5.34. The number of sulfone groups is 1. The summed E-state index contributed by atoms with van der Waals surface area (Å²) >= 11 is 0. The average Bonchev–Trinajstić information content (AvgIpc) is 2.53. The van der Waals surface area contributed by atoms with Crippen molar-refractivity contribution in [1.82, 2.24) is 0 Å². The van der Waals surface area contributed by atoms with E-state index in [9.17, 15) is 17.6 Å². The van der Waals surface area contributed by atoms with Crippen LogP contribution in [0.15, 0.2) is 50.5 Å². The van der Waals surface area contributed by atoms with Crippen LogP contribution in [0.5, 0.6) is 0 Å². The van der Waals surface area contributed by atoms with Crippen molar-refractivity contribution in [3.8, 4) is 11.3 Å². The highest BCUT2D eigenvalue weighted by atomic mass is 32.2. The van der Waals surface area contributed by atoms with Crippen molar-refractivity contribution in [1.29, 1.82) is 0 Å². The minimum atomic E-state index is -3.33. The SMILES string of the molecule is CS(=O)(=O)c1ccc(-c2cc(=O)c3cc(F)c(N)c(N)c3o2)cc1. The van der Waals surface area contributed by atoms with Crippen LogP contribution in [0, 0.1) is 5.82 Å². The van der Waals surface area contributed by atoms with E-state index in [2.05, 4.69) is 0 Å². The summed E-state index contributed by atoms with van der Waals surface area (Å²) in [6, 6.07) is 7.97. The second-order valence-corrected chi connectivity index (χ2v) is 7.35. The topological polar surface area (TPSA) is 116 Å². The third kappa shape index (κ3) is 2.61. The Morgan fingerprint density at radius 1 is 1.04 bits per heavy atom. The molecule has 6 nitrogen and oxygen atoms in total. The van der Waals surface area contributed by atoms with E-state index in [0.717, 1.165) is 12.3 Å². The third-order valence-electron chi connectivity index (χ3n) is 3.61. The number of fused-ring (bicyclic) bond motifs is 1. The maximum absolute atomic E-state index is 13.6. The number of halogens is 1. The van der Waals surface area contributed by atoms with Crippen LogP contribution >= 0.6 is 0 Å². The summed E-state index contributed by atoms with van der Waals surface area (Å²) in [7, 11) is -3.33. The molecule has 3 aromatic rings. The predicted molar refractivity (Wildman–Crippen MR) is 89.8 cm³/mol. The molecule has 0 amide bonds. The lowest BCUT2D eigenvalue weighted by atomic mass is 10.1. The van der Waals surface area contributed by atoms with Gasteiger partial charge in [-0.2, -0.15) is 0 Å². The highest BCUT2D eigenvalue weighted by molar-refractivity contribution is 7.90. The first kappa shape index (κ1) is 16.0. The molecule has 4 N–H and O–H groups in total. The predicted octanol–water partition coefficient (Wildman–Crippen LogP) is 2.17. The standard InChI is InChI=1S/C16H13FN2O4S/c1-24(21,22)9-4-2-8(3-5-9)13-7-12(20)10-6-11(17)14(18)15(19)16(10)23-13/h2-7H,18-19H2,1H3. The van der Waals surface area contributed by atoms with E-state index in [0.29, 0.717) is 5.56 Å². The molecule has 0 aliphatic rings. The number of nitrogens with two attached hydrogens (primary N) is 2. The lowest BCUT2D eigenvalue weighted by Crippen LogP contribution is -2.06. The molecule has 0 unspecified atom stereocenters. The zero-order valence-electron chi connectivity index (χ0n) is 12.5. The fourth-order valence-electron chi connectivity index (χ4n) is 2.30. The van der Waals surface area contributed by atoms with Gasteiger partial charge in [0, 0.05) is 17.9 Å². The Hall–Kier alpha value is -2.87. The summed E-state index contributed by atoms with van der Waals surface area (Å²) in [5.74, 6) is -0.622. The Kier molecular flexibility index (Phi) is 3.56. The van der Waals surface area contributed by atoms with Crippen LogP contribution in [-0.2, 0) is 9.84 Å². The fourth-order valence-corrected chi connectivity index (χ4v) is 2.93. The van der Waals surface area contributed by atoms with Gasteiger partial charge in [-0.05, 0) is 30.3 Å². The fraction of sp³-hybridized carbons (Fsp3) is 0.0625. The first-order chi connectivity index (χ1) is 11.2. The largest absolute Gasteiger partial charge is 0.454 e. The third-order valence-corrected chi connectivity index (χ3v) is 4.74. The molecule has 0 saturated carbocycles. The molecular weight excluding hydrogens is 335 g/mol. The number of anilines is 2. The van der Waals surface area contributed by atoms with Crippen LogP contribution in [0.25, 0.3) is 22.3 Å². The highest BCUT2D eigenvalue weighted by Gasteiger charge is 2.15. The van der Waals surface area contributed by atoms with Crippen molar-refractivity contribution < 1.29 is 17.2 Å². The molecule has 0 atom stereocenters. The Bertz CT molecular complexity index is 1120. The van der Waals surface area contributed by atoms with Crippen LogP contribution in [0.4, 0.5) is 15.8 Å². The quantitative estimate of drug-likeness (QED) is 0.686. The van der Waals surface area contributed by atoms with Crippen LogP contribution in [0.2, 0.25) is 0 Å². The molecular formula is C16H13FN2O4S. The molecule has 0 saturated heterocycles. The van der Waals surface area contributed by atoms with Gasteiger partial charge in [-0.25, -0.2) is 12.8 Å². The van der Waals surface area contributed by atoms with E-state index in [-0.39, 0.29) is 33.0 Å². The van der Waals surface area contributed by atoms with Gasteiger partial charge in [0.1, 0.15) is 17.3 Å². The molecule has 124 valence electrons. The van der Waals surface area contributed by atoms with Gasteiger partial charge in [0.05, 0.1) is 16.0 Å². The molecule has 1 aromatic heterocycles. The zero-order valence-corrected chi connectivity index (χ0v) is 13.4. The summed E-state index contributed by atoms with van der Waals surface area (Å²) < 4.78 is 42.2. The van der Waals surface area contributed by atoms with Gasteiger partial charge < -0.3 is 15.9 Å². The molecule has 0 radical (unpaired) electrons. The maximum atomic E-state index is 13.6. The van der Waals surface area contributed by atoms with Gasteiger partial charge in [-0.3, -0.25) is 4.79 Å². The van der Waals surface area contributed by atoms with Gasteiger partial charge in [0.15, 0.2) is 20.8 Å². The molecule has 3 rings (SSSR count). The van der Waals surface area contributed by atoms with E-state index in [1.54, 1.807) is 0 Å². The molecule has 0 fully saturated rings. The first-order valence-electron chi connectivity index (χ1n) is 6.80. The van der Waals surface area contributed by atoms with Crippen molar-refractivity contribution in [2.45, 2.75) is 4.90 Å². The number of nitrogen functional groups attached to an aromatic ring is 2. The zero-order chi connectivity index (χ0) is 17.6.